The predicted octanol–water partition coefficient (Wildman–Crippen LogP) is 3.09. The van der Waals surface area contributed by atoms with Crippen molar-refractivity contribution in [3.63, 3.8) is 0 Å². The van der Waals surface area contributed by atoms with Crippen LogP contribution in [-0.4, -0.2) is 37.3 Å². The van der Waals surface area contributed by atoms with Crippen LogP contribution in [0.25, 0.3) is 22.4 Å². The minimum atomic E-state index is -0.520. The van der Waals surface area contributed by atoms with E-state index in [-0.39, 0.29) is 5.56 Å². The van der Waals surface area contributed by atoms with Crippen LogP contribution in [0, 0.1) is 18.3 Å². The van der Waals surface area contributed by atoms with Crippen molar-refractivity contribution in [2.24, 2.45) is 0 Å². The molecule has 1 heterocycles. The number of aromatic amines is 1. The number of rotatable bonds is 5. The molecule has 0 fully saturated rings. The number of benzene rings is 2. The van der Waals surface area contributed by atoms with Gasteiger partial charge in [0.25, 0.3) is 5.56 Å². The van der Waals surface area contributed by atoms with Gasteiger partial charge in [-0.3, -0.25) is 4.79 Å². The van der Waals surface area contributed by atoms with E-state index in [0.717, 1.165) is 0 Å². The number of methoxy groups -OCH3 is 3. The molecule has 2 aromatic carbocycles. The smallest absolute Gasteiger partial charge is 0.338 e. The Hall–Kier alpha value is -4.12. The molecule has 0 aliphatic rings. The maximum Gasteiger partial charge on any atom is 0.338 e. The molecule has 0 spiro atoms. The highest BCUT2D eigenvalue weighted by Crippen LogP contribution is 2.36. The highest BCUT2D eigenvalue weighted by Gasteiger charge is 2.19. The quantitative estimate of drug-likeness (QED) is 0.649. The molecule has 1 aromatic heterocycles. The highest BCUT2D eigenvalue weighted by molar-refractivity contribution is 5.98. The Bertz CT molecular complexity index is 1210. The summed E-state index contributed by atoms with van der Waals surface area (Å²) in [7, 11) is 4.29. The third kappa shape index (κ3) is 3.73. The zero-order valence-electron chi connectivity index (χ0n) is 16.9. The van der Waals surface area contributed by atoms with Crippen molar-refractivity contribution < 1.29 is 19.0 Å². The standard InChI is InChI=1S/C22H19N3O5/c1-12-24-20(17(11-23)21(26)25-12)14-7-5-13(6-8-14)15-9-18(28-2)19(29-3)10-16(15)22(27)30-4/h5-10H,1-4H3,(H,24,25,26). The molecule has 3 aromatic rings. The summed E-state index contributed by atoms with van der Waals surface area (Å²) in [5.41, 5.74) is 1.95. The van der Waals surface area contributed by atoms with E-state index in [4.69, 9.17) is 14.2 Å². The second kappa shape index (κ2) is 8.49. The molecule has 8 heteroatoms. The molecular formula is C22H19N3O5. The lowest BCUT2D eigenvalue weighted by Gasteiger charge is -2.14. The number of carbonyl (C=O) groups excluding carboxylic acids is 1. The Kier molecular flexibility index (Phi) is 5.83. The Morgan fingerprint density at radius 2 is 1.63 bits per heavy atom. The Labute approximate surface area is 172 Å². The normalized spacial score (nSPS) is 10.2. The molecule has 0 aliphatic heterocycles. The van der Waals surface area contributed by atoms with E-state index in [1.807, 2.05) is 6.07 Å². The summed E-state index contributed by atoms with van der Waals surface area (Å²) in [6, 6.07) is 12.1. The molecule has 0 bridgehead atoms. The minimum absolute atomic E-state index is 0.0604. The summed E-state index contributed by atoms with van der Waals surface area (Å²) in [4.78, 5) is 31.2. The van der Waals surface area contributed by atoms with E-state index >= 15 is 0 Å². The number of nitriles is 1. The molecule has 0 saturated heterocycles. The number of esters is 1. The number of aromatic nitrogens is 2. The Morgan fingerprint density at radius 3 is 2.20 bits per heavy atom. The molecule has 0 saturated carbocycles. The third-order valence-corrected chi connectivity index (χ3v) is 4.55. The lowest BCUT2D eigenvalue weighted by atomic mass is 9.96. The Morgan fingerprint density at radius 1 is 1.03 bits per heavy atom. The molecule has 0 unspecified atom stereocenters. The summed E-state index contributed by atoms with van der Waals surface area (Å²) in [5.74, 6) is 0.752. The number of nitrogens with one attached hydrogen (secondary N) is 1. The molecule has 0 amide bonds. The summed E-state index contributed by atoms with van der Waals surface area (Å²) in [6.45, 7) is 1.65. The lowest BCUT2D eigenvalue weighted by Crippen LogP contribution is -2.15. The molecule has 3 rings (SSSR count). The molecular weight excluding hydrogens is 386 g/mol. The van der Waals surface area contributed by atoms with Crippen LogP contribution in [0.5, 0.6) is 11.5 Å². The van der Waals surface area contributed by atoms with Gasteiger partial charge in [-0.05, 0) is 24.6 Å². The van der Waals surface area contributed by atoms with E-state index in [1.165, 1.54) is 21.3 Å². The van der Waals surface area contributed by atoms with Crippen molar-refractivity contribution in [3.05, 3.63) is 63.7 Å². The van der Waals surface area contributed by atoms with Gasteiger partial charge in [0.15, 0.2) is 11.5 Å². The first-order chi connectivity index (χ1) is 14.4. The monoisotopic (exact) mass is 405 g/mol. The van der Waals surface area contributed by atoms with Crippen molar-refractivity contribution in [3.8, 4) is 40.0 Å². The zero-order valence-corrected chi connectivity index (χ0v) is 16.9. The average Bonchev–Trinajstić information content (AvgIpc) is 2.77. The molecule has 1 N–H and O–H groups in total. The SMILES string of the molecule is COC(=O)c1cc(OC)c(OC)cc1-c1ccc(-c2nc(C)[nH]c(=O)c2C#N)cc1. The molecule has 0 aliphatic carbocycles. The van der Waals surface area contributed by atoms with Gasteiger partial charge in [0, 0.05) is 11.1 Å². The third-order valence-electron chi connectivity index (χ3n) is 4.55. The number of carbonyl (C=O) groups is 1. The van der Waals surface area contributed by atoms with Gasteiger partial charge in [0.05, 0.1) is 32.6 Å². The number of hydrogen-bond acceptors (Lipinski definition) is 7. The van der Waals surface area contributed by atoms with Crippen molar-refractivity contribution in [2.75, 3.05) is 21.3 Å². The average molecular weight is 405 g/mol. The number of hydrogen-bond donors (Lipinski definition) is 1. The fourth-order valence-corrected chi connectivity index (χ4v) is 3.10. The van der Waals surface area contributed by atoms with Gasteiger partial charge in [-0.25, -0.2) is 9.78 Å². The van der Waals surface area contributed by atoms with Crippen LogP contribution in [0.3, 0.4) is 0 Å². The van der Waals surface area contributed by atoms with Gasteiger partial charge in [-0.15, -0.1) is 0 Å². The van der Waals surface area contributed by atoms with Gasteiger partial charge < -0.3 is 19.2 Å². The summed E-state index contributed by atoms with van der Waals surface area (Å²) < 4.78 is 15.5. The van der Waals surface area contributed by atoms with Crippen molar-refractivity contribution >= 4 is 5.97 Å². The number of nitrogens with zero attached hydrogens (tertiary/aromatic N) is 2. The topological polar surface area (TPSA) is 114 Å². The van der Waals surface area contributed by atoms with Gasteiger partial charge in [-0.1, -0.05) is 24.3 Å². The molecule has 8 nitrogen and oxygen atoms in total. The van der Waals surface area contributed by atoms with Gasteiger partial charge in [-0.2, -0.15) is 5.26 Å². The van der Waals surface area contributed by atoms with E-state index in [9.17, 15) is 14.9 Å². The van der Waals surface area contributed by atoms with Crippen LogP contribution in [0.4, 0.5) is 0 Å². The summed E-state index contributed by atoms with van der Waals surface area (Å²) in [5, 5.41) is 9.33. The largest absolute Gasteiger partial charge is 0.493 e. The van der Waals surface area contributed by atoms with Crippen LogP contribution in [-0.2, 0) is 4.74 Å². The first kappa shape index (κ1) is 20.6. The maximum atomic E-state index is 12.3. The van der Waals surface area contributed by atoms with Crippen LogP contribution in [0.1, 0.15) is 21.7 Å². The van der Waals surface area contributed by atoms with Crippen LogP contribution < -0.4 is 15.0 Å². The fraction of sp³-hybridized carbons (Fsp3) is 0.182. The number of aryl methyl sites for hydroxylation is 1. The van der Waals surface area contributed by atoms with Crippen LogP contribution in [0.2, 0.25) is 0 Å². The summed E-state index contributed by atoms with van der Waals surface area (Å²) >= 11 is 0. The van der Waals surface area contributed by atoms with Gasteiger partial charge >= 0.3 is 5.97 Å². The van der Waals surface area contributed by atoms with E-state index in [0.29, 0.717) is 45.3 Å². The first-order valence-electron chi connectivity index (χ1n) is 8.89. The van der Waals surface area contributed by atoms with E-state index in [2.05, 4.69) is 9.97 Å². The van der Waals surface area contributed by atoms with Gasteiger partial charge in [0.1, 0.15) is 17.5 Å². The lowest BCUT2D eigenvalue weighted by molar-refractivity contribution is 0.0601. The van der Waals surface area contributed by atoms with Crippen LogP contribution in [0.15, 0.2) is 41.2 Å². The van der Waals surface area contributed by atoms with Crippen molar-refractivity contribution in [2.45, 2.75) is 6.92 Å². The number of H-pyrrole nitrogens is 1. The zero-order chi connectivity index (χ0) is 21.8. The molecule has 0 atom stereocenters. The van der Waals surface area contributed by atoms with Crippen LogP contribution >= 0.6 is 0 Å². The minimum Gasteiger partial charge on any atom is -0.493 e. The van der Waals surface area contributed by atoms with E-state index < -0.39 is 11.5 Å². The maximum absolute atomic E-state index is 12.3. The fourth-order valence-electron chi connectivity index (χ4n) is 3.10. The Balaban J connectivity index is 2.15. The van der Waals surface area contributed by atoms with E-state index in [1.54, 1.807) is 43.3 Å². The van der Waals surface area contributed by atoms with Crippen molar-refractivity contribution in [1.29, 1.82) is 5.26 Å². The highest BCUT2D eigenvalue weighted by atomic mass is 16.5. The van der Waals surface area contributed by atoms with Crippen molar-refractivity contribution in [1.82, 2.24) is 9.97 Å². The molecule has 0 radical (unpaired) electrons. The predicted molar refractivity (Wildman–Crippen MR) is 110 cm³/mol. The first-order valence-corrected chi connectivity index (χ1v) is 8.89. The number of ether oxygens (including phenoxy) is 3. The second-order valence-electron chi connectivity index (χ2n) is 6.31. The second-order valence-corrected chi connectivity index (χ2v) is 6.31. The van der Waals surface area contributed by atoms with Gasteiger partial charge in [0.2, 0.25) is 0 Å². The summed E-state index contributed by atoms with van der Waals surface area (Å²) in [6.07, 6.45) is 0. The molecule has 152 valence electrons. The molecule has 30 heavy (non-hydrogen) atoms.